The van der Waals surface area contributed by atoms with E-state index >= 15 is 0 Å². The van der Waals surface area contributed by atoms with E-state index in [-0.39, 0.29) is 34.0 Å². The SMILES string of the molecule is CC(C)(O)C(O)C(O)[C@]1(O)C2CCC1C[C@@H](S(=O)(=O)c1cc(C(=O)Nc3cc(F)c(F)c(F)c3)ccc1Cl)C2. The van der Waals surface area contributed by atoms with Gasteiger partial charge in [0.1, 0.15) is 12.2 Å². The van der Waals surface area contributed by atoms with E-state index in [4.69, 9.17) is 11.6 Å². The Morgan fingerprint density at radius 1 is 1.08 bits per heavy atom. The lowest BCUT2D eigenvalue weighted by molar-refractivity contribution is -0.208. The number of hydrogen-bond donors (Lipinski definition) is 5. The highest BCUT2D eigenvalue weighted by molar-refractivity contribution is 7.92. The van der Waals surface area contributed by atoms with Crippen molar-refractivity contribution < 1.29 is 46.8 Å². The predicted octanol–water partition coefficient (Wildman–Crippen LogP) is 3.20. The van der Waals surface area contributed by atoms with Crippen molar-refractivity contribution >= 4 is 33.0 Å². The van der Waals surface area contributed by atoms with Gasteiger partial charge in [0, 0.05) is 23.4 Å². The third kappa shape index (κ3) is 5.30. The van der Waals surface area contributed by atoms with Crippen molar-refractivity contribution in [1.82, 2.24) is 0 Å². The topological polar surface area (TPSA) is 144 Å². The van der Waals surface area contributed by atoms with Crippen LogP contribution in [0.3, 0.4) is 0 Å². The fraction of sp³-hybridized carbons (Fsp3) is 0.500. The summed E-state index contributed by atoms with van der Waals surface area (Å²) in [4.78, 5) is 12.4. The van der Waals surface area contributed by atoms with Crippen molar-refractivity contribution in [3.8, 4) is 0 Å². The molecule has 0 saturated heterocycles. The van der Waals surface area contributed by atoms with Crippen LogP contribution in [0.4, 0.5) is 18.9 Å². The number of benzene rings is 2. The van der Waals surface area contributed by atoms with Crippen LogP contribution in [-0.4, -0.2) is 63.4 Å². The van der Waals surface area contributed by atoms with Crippen molar-refractivity contribution in [1.29, 1.82) is 0 Å². The Hall–Kier alpha value is -2.22. The van der Waals surface area contributed by atoms with Gasteiger partial charge in [-0.05, 0) is 69.6 Å². The van der Waals surface area contributed by atoms with Crippen LogP contribution in [0.25, 0.3) is 0 Å². The van der Waals surface area contributed by atoms with Crippen LogP contribution in [0.5, 0.6) is 0 Å². The molecule has 0 aliphatic heterocycles. The fourth-order valence-corrected chi connectivity index (χ4v) is 8.19. The second-order valence-electron chi connectivity index (χ2n) is 10.9. The molecular formula is C26H29ClF3NO7S. The van der Waals surface area contributed by atoms with Crippen LogP contribution in [0, 0.1) is 29.3 Å². The Morgan fingerprint density at radius 2 is 1.62 bits per heavy atom. The zero-order valence-electron chi connectivity index (χ0n) is 21.0. The van der Waals surface area contributed by atoms with Crippen molar-refractivity contribution in [2.24, 2.45) is 11.8 Å². The maximum atomic E-state index is 13.7. The van der Waals surface area contributed by atoms with Crippen molar-refractivity contribution in [2.75, 3.05) is 5.32 Å². The molecule has 4 unspecified atom stereocenters. The fourth-order valence-electron chi connectivity index (χ4n) is 5.79. The van der Waals surface area contributed by atoms with E-state index < -0.39 is 73.7 Å². The molecule has 1 amide bonds. The highest BCUT2D eigenvalue weighted by atomic mass is 35.5. The summed E-state index contributed by atoms with van der Waals surface area (Å²) in [5, 5.41) is 43.8. The summed E-state index contributed by atoms with van der Waals surface area (Å²) in [6.45, 7) is 2.58. The molecule has 2 bridgehead atoms. The summed E-state index contributed by atoms with van der Waals surface area (Å²) in [7, 11) is -4.18. The summed E-state index contributed by atoms with van der Waals surface area (Å²) in [6.07, 6.45) is -2.73. The van der Waals surface area contributed by atoms with Crippen molar-refractivity contribution in [3.63, 3.8) is 0 Å². The first-order chi connectivity index (χ1) is 18.0. The van der Waals surface area contributed by atoms with Crippen LogP contribution in [-0.2, 0) is 9.84 Å². The molecule has 39 heavy (non-hydrogen) atoms. The molecular weight excluding hydrogens is 563 g/mol. The minimum Gasteiger partial charge on any atom is -0.388 e. The molecule has 2 aromatic carbocycles. The molecule has 8 nitrogen and oxygen atoms in total. The maximum Gasteiger partial charge on any atom is 0.255 e. The lowest BCUT2D eigenvalue weighted by atomic mass is 9.68. The van der Waals surface area contributed by atoms with Gasteiger partial charge in [0.15, 0.2) is 27.3 Å². The third-order valence-corrected chi connectivity index (χ3v) is 10.6. The number of hydrogen-bond acceptors (Lipinski definition) is 7. The largest absolute Gasteiger partial charge is 0.388 e. The highest BCUT2D eigenvalue weighted by Crippen LogP contribution is 2.54. The van der Waals surface area contributed by atoms with E-state index in [1.165, 1.54) is 26.0 Å². The molecule has 4 atom stereocenters. The first kappa shape index (κ1) is 29.8. The number of nitrogens with one attached hydrogen (secondary N) is 1. The average molecular weight is 592 g/mol. The Labute approximate surface area is 228 Å². The molecule has 214 valence electrons. The standard InChI is InChI=1S/C26H29ClF3NO7S/c1-25(2,35)22(32)23(33)26(36)13-4-5-14(26)9-16(8-13)39(37,38)20-7-12(3-6-17(20)27)24(34)31-15-10-18(28)21(30)19(29)11-15/h3,6-7,10-11,13-14,16,22-23,32-33,35-36H,4-5,8-9H2,1-2H3,(H,31,34)/t13?,14?,16-,22?,23?,26-. The molecule has 2 saturated carbocycles. The summed E-state index contributed by atoms with van der Waals surface area (Å²) >= 11 is 6.21. The Balaban J connectivity index is 1.58. The normalized spacial score (nSPS) is 26.8. The molecule has 5 N–H and O–H groups in total. The number of aliphatic hydroxyl groups excluding tert-OH is 2. The first-order valence-corrected chi connectivity index (χ1v) is 14.2. The van der Waals surface area contributed by atoms with Gasteiger partial charge < -0.3 is 25.7 Å². The van der Waals surface area contributed by atoms with E-state index in [2.05, 4.69) is 5.32 Å². The molecule has 2 aromatic rings. The van der Waals surface area contributed by atoms with Gasteiger partial charge in [-0.1, -0.05) is 11.6 Å². The number of fused-ring (bicyclic) bond motifs is 2. The summed E-state index contributed by atoms with van der Waals surface area (Å²) in [5.41, 5.74) is -4.10. The van der Waals surface area contributed by atoms with Gasteiger partial charge in [-0.2, -0.15) is 0 Å². The number of anilines is 1. The molecule has 0 spiro atoms. The third-order valence-electron chi connectivity index (χ3n) is 7.94. The number of rotatable bonds is 7. The molecule has 0 aromatic heterocycles. The van der Waals surface area contributed by atoms with Crippen LogP contribution < -0.4 is 5.32 Å². The monoisotopic (exact) mass is 591 g/mol. The lowest BCUT2D eigenvalue weighted by Gasteiger charge is -2.48. The molecule has 2 aliphatic carbocycles. The zero-order chi connectivity index (χ0) is 29.1. The number of carbonyl (C=O) groups is 1. The minimum atomic E-state index is -4.18. The van der Waals surface area contributed by atoms with Gasteiger partial charge in [-0.3, -0.25) is 4.79 Å². The number of halogens is 4. The molecule has 2 fully saturated rings. The van der Waals surface area contributed by atoms with Crippen molar-refractivity contribution in [2.45, 2.75) is 73.1 Å². The average Bonchev–Trinajstić information content (AvgIpc) is 3.02. The van der Waals surface area contributed by atoms with Crippen LogP contribution in [0.15, 0.2) is 35.2 Å². The van der Waals surface area contributed by atoms with Gasteiger partial charge in [0.2, 0.25) is 0 Å². The molecule has 4 rings (SSSR count). The van der Waals surface area contributed by atoms with Gasteiger partial charge in [0.05, 0.1) is 26.4 Å². The second kappa shape index (κ2) is 10.3. The van der Waals surface area contributed by atoms with Crippen molar-refractivity contribution in [3.05, 3.63) is 58.4 Å². The number of carbonyl (C=O) groups excluding carboxylic acids is 1. The van der Waals surface area contributed by atoms with Crippen LogP contribution in [0.2, 0.25) is 5.02 Å². The Kier molecular flexibility index (Phi) is 7.87. The number of amides is 1. The second-order valence-corrected chi connectivity index (χ2v) is 13.5. The predicted molar refractivity (Wildman–Crippen MR) is 135 cm³/mol. The van der Waals surface area contributed by atoms with E-state index in [1.807, 2.05) is 0 Å². The van der Waals surface area contributed by atoms with E-state index in [0.29, 0.717) is 25.0 Å². The highest BCUT2D eigenvalue weighted by Gasteiger charge is 2.61. The quantitative estimate of drug-likeness (QED) is 0.311. The van der Waals surface area contributed by atoms with E-state index in [9.17, 15) is 46.8 Å². The Bertz CT molecular complexity index is 1360. The number of sulfone groups is 1. The lowest BCUT2D eigenvalue weighted by Crippen LogP contribution is -2.62. The molecule has 0 heterocycles. The summed E-state index contributed by atoms with van der Waals surface area (Å²) < 4.78 is 67.6. The minimum absolute atomic E-state index is 0.0636. The molecule has 13 heteroatoms. The first-order valence-electron chi connectivity index (χ1n) is 12.3. The van der Waals surface area contributed by atoms with E-state index in [0.717, 1.165) is 6.07 Å². The summed E-state index contributed by atoms with van der Waals surface area (Å²) in [6, 6.07) is 4.58. The van der Waals surface area contributed by atoms with Crippen LogP contribution >= 0.6 is 11.6 Å². The zero-order valence-corrected chi connectivity index (χ0v) is 22.6. The van der Waals surface area contributed by atoms with Gasteiger partial charge in [-0.15, -0.1) is 0 Å². The summed E-state index contributed by atoms with van der Waals surface area (Å²) in [5.74, 6) is -7.06. The molecule has 0 radical (unpaired) electrons. The Morgan fingerprint density at radius 3 is 2.13 bits per heavy atom. The molecule has 2 aliphatic rings. The maximum absolute atomic E-state index is 13.7. The van der Waals surface area contributed by atoms with E-state index in [1.54, 1.807) is 0 Å². The number of aliphatic hydroxyl groups is 4. The van der Waals surface area contributed by atoms with Gasteiger partial charge in [-0.25, -0.2) is 21.6 Å². The van der Waals surface area contributed by atoms with Gasteiger partial charge >= 0.3 is 0 Å². The smallest absolute Gasteiger partial charge is 0.255 e. The van der Waals surface area contributed by atoms with Crippen LogP contribution in [0.1, 0.15) is 49.9 Å². The van der Waals surface area contributed by atoms with Gasteiger partial charge in [0.25, 0.3) is 5.91 Å².